The molecule has 1 aromatic carbocycles. The van der Waals surface area contributed by atoms with Crippen LogP contribution in [0.5, 0.6) is 0 Å². The van der Waals surface area contributed by atoms with E-state index in [0.29, 0.717) is 5.56 Å². The first-order valence-corrected chi connectivity index (χ1v) is 5.37. The van der Waals surface area contributed by atoms with Crippen molar-refractivity contribution in [1.82, 2.24) is 0 Å². The summed E-state index contributed by atoms with van der Waals surface area (Å²) in [7, 11) is 0. The van der Waals surface area contributed by atoms with Crippen molar-refractivity contribution in [2.45, 2.75) is 26.3 Å². The fourth-order valence-electron chi connectivity index (χ4n) is 2.12. The number of nitrogens with zero attached hydrogens (tertiary/aromatic N) is 1. The van der Waals surface area contributed by atoms with Crippen LogP contribution in [0.3, 0.4) is 0 Å². The molecule has 15 heavy (non-hydrogen) atoms. The van der Waals surface area contributed by atoms with Gasteiger partial charge < -0.3 is 10.6 Å². The second-order valence-electron chi connectivity index (χ2n) is 4.40. The van der Waals surface area contributed by atoms with Crippen molar-refractivity contribution >= 4 is 5.69 Å². The van der Waals surface area contributed by atoms with Crippen LogP contribution in [-0.4, -0.2) is 19.1 Å². The van der Waals surface area contributed by atoms with E-state index in [0.717, 1.165) is 30.8 Å². The van der Waals surface area contributed by atoms with E-state index in [-0.39, 0.29) is 11.9 Å². The van der Waals surface area contributed by atoms with Crippen molar-refractivity contribution in [2.75, 3.05) is 18.0 Å². The highest BCUT2D eigenvalue weighted by atomic mass is 19.1. The molecule has 0 unspecified atom stereocenters. The Labute approximate surface area is 89.9 Å². The molecule has 1 aliphatic heterocycles. The molecule has 1 atom stereocenters. The van der Waals surface area contributed by atoms with Crippen molar-refractivity contribution in [1.29, 1.82) is 0 Å². The molecule has 0 aromatic heterocycles. The molecular weight excluding hydrogens is 191 g/mol. The smallest absolute Gasteiger partial charge is 0.126 e. The van der Waals surface area contributed by atoms with Gasteiger partial charge in [0.2, 0.25) is 0 Å². The van der Waals surface area contributed by atoms with Gasteiger partial charge in [0, 0.05) is 24.8 Å². The summed E-state index contributed by atoms with van der Waals surface area (Å²) >= 11 is 0. The summed E-state index contributed by atoms with van der Waals surface area (Å²) in [5.74, 6) is -0.101. The third kappa shape index (κ3) is 1.97. The van der Waals surface area contributed by atoms with Crippen molar-refractivity contribution in [2.24, 2.45) is 5.73 Å². The Morgan fingerprint density at radius 2 is 2.27 bits per heavy atom. The van der Waals surface area contributed by atoms with Crippen molar-refractivity contribution in [3.63, 3.8) is 0 Å². The molecule has 1 aliphatic rings. The summed E-state index contributed by atoms with van der Waals surface area (Å²) in [5, 5.41) is 0. The van der Waals surface area contributed by atoms with Gasteiger partial charge in [-0.05, 0) is 43.5 Å². The minimum atomic E-state index is -0.101. The first-order chi connectivity index (χ1) is 7.08. The Kier molecular flexibility index (Phi) is 2.65. The van der Waals surface area contributed by atoms with Gasteiger partial charge in [-0.25, -0.2) is 4.39 Å². The third-order valence-electron chi connectivity index (χ3n) is 2.86. The lowest BCUT2D eigenvalue weighted by Gasteiger charge is -2.21. The monoisotopic (exact) mass is 208 g/mol. The topological polar surface area (TPSA) is 29.3 Å². The maximum atomic E-state index is 13.3. The fourth-order valence-corrected chi connectivity index (χ4v) is 2.12. The van der Waals surface area contributed by atoms with Gasteiger partial charge in [0.1, 0.15) is 5.82 Å². The number of halogens is 1. The molecule has 0 spiro atoms. The maximum absolute atomic E-state index is 13.3. The van der Waals surface area contributed by atoms with Crippen molar-refractivity contribution < 1.29 is 4.39 Å². The Hall–Kier alpha value is -1.09. The lowest BCUT2D eigenvalue weighted by Crippen LogP contribution is -2.34. The summed E-state index contributed by atoms with van der Waals surface area (Å²) < 4.78 is 13.3. The molecule has 0 amide bonds. The first-order valence-electron chi connectivity index (χ1n) is 5.37. The van der Waals surface area contributed by atoms with Crippen LogP contribution < -0.4 is 10.6 Å². The molecule has 0 radical (unpaired) electrons. The highest BCUT2D eigenvalue weighted by Gasteiger charge is 2.20. The molecule has 0 fully saturated rings. The molecule has 0 aliphatic carbocycles. The second kappa shape index (κ2) is 3.81. The molecule has 2 rings (SSSR count). The minimum Gasteiger partial charge on any atom is -0.369 e. The summed E-state index contributed by atoms with van der Waals surface area (Å²) in [6, 6.07) is 3.74. The van der Waals surface area contributed by atoms with E-state index in [1.165, 1.54) is 0 Å². The number of anilines is 1. The van der Waals surface area contributed by atoms with E-state index in [9.17, 15) is 4.39 Å². The van der Waals surface area contributed by atoms with Crippen LogP contribution in [0.1, 0.15) is 18.1 Å². The summed E-state index contributed by atoms with van der Waals surface area (Å²) in [5.41, 5.74) is 8.76. The number of rotatable bonds is 2. The zero-order valence-electron chi connectivity index (χ0n) is 9.26. The molecular formula is C12H17FN2. The largest absolute Gasteiger partial charge is 0.369 e. The van der Waals surface area contributed by atoms with Gasteiger partial charge >= 0.3 is 0 Å². The Balaban J connectivity index is 2.30. The molecule has 0 saturated heterocycles. The molecule has 0 bridgehead atoms. The molecule has 2 nitrogen and oxygen atoms in total. The number of nitrogens with two attached hydrogens (primary N) is 1. The van der Waals surface area contributed by atoms with Crippen LogP contribution in [0, 0.1) is 12.7 Å². The number of hydrogen-bond donors (Lipinski definition) is 1. The van der Waals surface area contributed by atoms with E-state index in [2.05, 4.69) is 4.90 Å². The van der Waals surface area contributed by atoms with E-state index >= 15 is 0 Å². The quantitative estimate of drug-likeness (QED) is 0.803. The average Bonchev–Trinajstić information content (AvgIpc) is 2.49. The van der Waals surface area contributed by atoms with Gasteiger partial charge in [0.05, 0.1) is 0 Å². The highest BCUT2D eigenvalue weighted by molar-refractivity contribution is 5.59. The minimum absolute atomic E-state index is 0.101. The zero-order valence-corrected chi connectivity index (χ0v) is 9.26. The Bertz CT molecular complexity index is 374. The predicted molar refractivity (Wildman–Crippen MR) is 60.7 cm³/mol. The lowest BCUT2D eigenvalue weighted by molar-refractivity contribution is 0.617. The predicted octanol–water partition coefficient (Wildman–Crippen LogP) is 1.84. The third-order valence-corrected chi connectivity index (χ3v) is 2.86. The first kappa shape index (κ1) is 10.4. The second-order valence-corrected chi connectivity index (χ2v) is 4.40. The summed E-state index contributed by atoms with van der Waals surface area (Å²) in [4.78, 5) is 2.24. The maximum Gasteiger partial charge on any atom is 0.126 e. The fraction of sp³-hybridized carbons (Fsp3) is 0.500. The van der Waals surface area contributed by atoms with Gasteiger partial charge in [0.15, 0.2) is 0 Å². The molecule has 0 saturated carbocycles. The number of benzene rings is 1. The molecule has 3 heteroatoms. The number of hydrogen-bond acceptors (Lipinski definition) is 2. The number of fused-ring (bicyclic) bond motifs is 1. The van der Waals surface area contributed by atoms with Gasteiger partial charge in [-0.3, -0.25) is 0 Å². The zero-order chi connectivity index (χ0) is 11.0. The van der Waals surface area contributed by atoms with Crippen LogP contribution in [0.4, 0.5) is 10.1 Å². The average molecular weight is 208 g/mol. The van der Waals surface area contributed by atoms with E-state index in [4.69, 9.17) is 5.73 Å². The SMILES string of the molecule is Cc1cc2c(cc1F)CCN2C[C@H](C)N. The number of aryl methyl sites for hydroxylation is 1. The van der Waals surface area contributed by atoms with Gasteiger partial charge in [-0.15, -0.1) is 0 Å². The van der Waals surface area contributed by atoms with Gasteiger partial charge in [-0.1, -0.05) is 0 Å². The normalized spacial score (nSPS) is 16.7. The Morgan fingerprint density at radius 3 is 2.93 bits per heavy atom. The van der Waals surface area contributed by atoms with Crippen molar-refractivity contribution in [3.8, 4) is 0 Å². The van der Waals surface area contributed by atoms with Crippen LogP contribution >= 0.6 is 0 Å². The van der Waals surface area contributed by atoms with Crippen molar-refractivity contribution in [3.05, 3.63) is 29.1 Å². The van der Waals surface area contributed by atoms with E-state index < -0.39 is 0 Å². The van der Waals surface area contributed by atoms with Crippen LogP contribution in [-0.2, 0) is 6.42 Å². The molecule has 82 valence electrons. The van der Waals surface area contributed by atoms with Crippen LogP contribution in [0.25, 0.3) is 0 Å². The molecule has 1 aromatic rings. The molecule has 2 N–H and O–H groups in total. The summed E-state index contributed by atoms with van der Waals surface area (Å²) in [6.45, 7) is 5.60. The van der Waals surface area contributed by atoms with Gasteiger partial charge in [-0.2, -0.15) is 0 Å². The Morgan fingerprint density at radius 1 is 1.53 bits per heavy atom. The van der Waals surface area contributed by atoms with Crippen LogP contribution in [0.15, 0.2) is 12.1 Å². The molecule has 1 heterocycles. The standard InChI is InChI=1S/C12H17FN2/c1-8-5-12-10(6-11(8)13)3-4-15(12)7-9(2)14/h5-6,9H,3-4,7,14H2,1-2H3/t9-/m0/s1. The highest BCUT2D eigenvalue weighted by Crippen LogP contribution is 2.30. The van der Waals surface area contributed by atoms with E-state index in [1.54, 1.807) is 13.0 Å². The van der Waals surface area contributed by atoms with Crippen LogP contribution in [0.2, 0.25) is 0 Å². The lowest BCUT2D eigenvalue weighted by atomic mass is 10.1. The van der Waals surface area contributed by atoms with Gasteiger partial charge in [0.25, 0.3) is 0 Å². The van der Waals surface area contributed by atoms with E-state index in [1.807, 2.05) is 13.0 Å². The summed E-state index contributed by atoms with van der Waals surface area (Å²) in [6.07, 6.45) is 0.930.